The maximum absolute atomic E-state index is 5.30. The predicted molar refractivity (Wildman–Crippen MR) is 65.7 cm³/mol. The first-order valence-corrected chi connectivity index (χ1v) is 6.29. The Morgan fingerprint density at radius 3 is 2.88 bits per heavy atom. The zero-order valence-corrected chi connectivity index (χ0v) is 10.3. The lowest BCUT2D eigenvalue weighted by atomic mass is 10.00. The lowest BCUT2D eigenvalue weighted by Gasteiger charge is -2.14. The van der Waals surface area contributed by atoms with E-state index in [-0.39, 0.29) is 0 Å². The van der Waals surface area contributed by atoms with Gasteiger partial charge in [0.1, 0.15) is 11.8 Å². The van der Waals surface area contributed by atoms with Crippen molar-refractivity contribution in [2.45, 2.75) is 38.6 Å². The lowest BCUT2D eigenvalue weighted by molar-refractivity contribution is -0.694. The smallest absolute Gasteiger partial charge is 0.121 e. The molecule has 2 N–H and O–H groups in total. The Labute approximate surface area is 98.0 Å². The van der Waals surface area contributed by atoms with Crippen molar-refractivity contribution >= 4 is 0 Å². The summed E-state index contributed by atoms with van der Waals surface area (Å²) in [6.45, 7) is 3.40. The minimum atomic E-state index is 0.659. The number of quaternary nitrogens is 1. The summed E-state index contributed by atoms with van der Waals surface area (Å²) in [5.41, 5.74) is 2.71. The van der Waals surface area contributed by atoms with Gasteiger partial charge >= 0.3 is 0 Å². The fourth-order valence-corrected chi connectivity index (χ4v) is 2.56. The molecule has 0 radical (unpaired) electrons. The topological polar surface area (TPSA) is 25.8 Å². The Balaban J connectivity index is 2.16. The third kappa shape index (κ3) is 2.56. The van der Waals surface area contributed by atoms with E-state index < -0.39 is 0 Å². The van der Waals surface area contributed by atoms with E-state index in [9.17, 15) is 0 Å². The van der Waals surface area contributed by atoms with Crippen molar-refractivity contribution in [1.29, 1.82) is 0 Å². The number of rotatable bonds is 2. The van der Waals surface area contributed by atoms with Gasteiger partial charge in [-0.2, -0.15) is 0 Å². The number of nitrogens with two attached hydrogens (primary N) is 1. The Hall–Kier alpha value is -1.02. The van der Waals surface area contributed by atoms with E-state index in [4.69, 9.17) is 4.74 Å². The van der Waals surface area contributed by atoms with Crippen LogP contribution >= 0.6 is 0 Å². The van der Waals surface area contributed by atoms with Crippen LogP contribution in [0.3, 0.4) is 0 Å². The summed E-state index contributed by atoms with van der Waals surface area (Å²) in [6.07, 6.45) is 5.44. The fraction of sp³-hybridized carbons (Fsp3) is 0.571. The molecule has 1 aliphatic rings. The highest BCUT2D eigenvalue weighted by Crippen LogP contribution is 2.24. The summed E-state index contributed by atoms with van der Waals surface area (Å²) < 4.78 is 5.30. The zero-order valence-electron chi connectivity index (χ0n) is 10.3. The van der Waals surface area contributed by atoms with Crippen molar-refractivity contribution in [2.24, 2.45) is 0 Å². The normalized spacial score (nSPS) is 21.5. The highest BCUT2D eigenvalue weighted by atomic mass is 16.5. The van der Waals surface area contributed by atoms with Crippen LogP contribution in [0.2, 0.25) is 0 Å². The standard InChI is InChI=1S/C14H21NO/c1-11-10-12(7-8-14(11)16-2)13-6-4-3-5-9-15-13/h7-8,10,13,15H,3-6,9H2,1-2H3/p+1/t13-/m1/s1. The van der Waals surface area contributed by atoms with Crippen molar-refractivity contribution < 1.29 is 10.1 Å². The van der Waals surface area contributed by atoms with E-state index in [1.165, 1.54) is 43.4 Å². The Kier molecular flexibility index (Phi) is 3.83. The van der Waals surface area contributed by atoms with Crippen molar-refractivity contribution in [1.82, 2.24) is 0 Å². The van der Waals surface area contributed by atoms with Gasteiger partial charge in [0.15, 0.2) is 0 Å². The average Bonchev–Trinajstić information content (AvgIpc) is 2.57. The molecule has 2 nitrogen and oxygen atoms in total. The predicted octanol–water partition coefficient (Wildman–Crippen LogP) is 2.18. The maximum Gasteiger partial charge on any atom is 0.121 e. The van der Waals surface area contributed by atoms with Gasteiger partial charge in [-0.25, -0.2) is 0 Å². The first-order valence-electron chi connectivity index (χ1n) is 6.29. The van der Waals surface area contributed by atoms with Gasteiger partial charge in [-0.05, 0) is 49.9 Å². The molecule has 0 spiro atoms. The zero-order chi connectivity index (χ0) is 11.4. The summed E-state index contributed by atoms with van der Waals surface area (Å²) in [5.74, 6) is 0.998. The Bertz CT molecular complexity index is 341. The van der Waals surface area contributed by atoms with Gasteiger partial charge in [0.2, 0.25) is 0 Å². The summed E-state index contributed by atoms with van der Waals surface area (Å²) >= 11 is 0. The molecule has 88 valence electrons. The van der Waals surface area contributed by atoms with Crippen LogP contribution in [0.25, 0.3) is 0 Å². The molecule has 16 heavy (non-hydrogen) atoms. The van der Waals surface area contributed by atoms with E-state index in [1.54, 1.807) is 7.11 Å². The van der Waals surface area contributed by atoms with E-state index in [1.807, 2.05) is 0 Å². The van der Waals surface area contributed by atoms with Crippen molar-refractivity contribution in [2.75, 3.05) is 13.7 Å². The molecule has 0 amide bonds. The first-order chi connectivity index (χ1) is 7.81. The van der Waals surface area contributed by atoms with E-state index in [0.717, 1.165) is 5.75 Å². The van der Waals surface area contributed by atoms with Crippen LogP contribution in [0.15, 0.2) is 18.2 Å². The number of benzene rings is 1. The molecule has 0 aromatic heterocycles. The molecule has 1 saturated heterocycles. The molecular formula is C14H22NO+. The molecular weight excluding hydrogens is 198 g/mol. The second-order valence-corrected chi connectivity index (χ2v) is 4.71. The largest absolute Gasteiger partial charge is 0.496 e. The maximum atomic E-state index is 5.30. The molecule has 0 unspecified atom stereocenters. The minimum Gasteiger partial charge on any atom is -0.496 e. The van der Waals surface area contributed by atoms with E-state index >= 15 is 0 Å². The fourth-order valence-electron chi connectivity index (χ4n) is 2.56. The second-order valence-electron chi connectivity index (χ2n) is 4.71. The molecule has 1 heterocycles. The highest BCUT2D eigenvalue weighted by Gasteiger charge is 2.17. The third-order valence-corrected chi connectivity index (χ3v) is 3.52. The lowest BCUT2D eigenvalue weighted by Crippen LogP contribution is -2.84. The Morgan fingerprint density at radius 1 is 1.25 bits per heavy atom. The second kappa shape index (κ2) is 5.35. The summed E-state index contributed by atoms with van der Waals surface area (Å²) in [5, 5.41) is 2.49. The van der Waals surface area contributed by atoms with Crippen LogP contribution in [-0.2, 0) is 0 Å². The molecule has 1 aromatic rings. The molecule has 2 heteroatoms. The van der Waals surface area contributed by atoms with Crippen molar-refractivity contribution in [3.63, 3.8) is 0 Å². The van der Waals surface area contributed by atoms with Gasteiger partial charge in [-0.3, -0.25) is 0 Å². The van der Waals surface area contributed by atoms with Gasteiger partial charge in [0, 0.05) is 12.0 Å². The van der Waals surface area contributed by atoms with Crippen LogP contribution in [0.4, 0.5) is 0 Å². The van der Waals surface area contributed by atoms with Gasteiger partial charge in [-0.15, -0.1) is 0 Å². The molecule has 0 bridgehead atoms. The molecule has 0 aliphatic carbocycles. The van der Waals surface area contributed by atoms with Gasteiger partial charge in [0.05, 0.1) is 13.7 Å². The molecule has 2 rings (SSSR count). The molecule has 0 saturated carbocycles. The summed E-state index contributed by atoms with van der Waals surface area (Å²) in [7, 11) is 1.74. The highest BCUT2D eigenvalue weighted by molar-refractivity contribution is 5.36. The molecule has 1 aliphatic heterocycles. The number of ether oxygens (including phenoxy) is 1. The molecule has 1 fully saturated rings. The van der Waals surface area contributed by atoms with Crippen LogP contribution in [0.1, 0.15) is 42.9 Å². The van der Waals surface area contributed by atoms with Gasteiger partial charge < -0.3 is 10.1 Å². The number of hydrogen-bond donors (Lipinski definition) is 1. The molecule has 1 atom stereocenters. The third-order valence-electron chi connectivity index (χ3n) is 3.52. The Morgan fingerprint density at radius 2 is 2.12 bits per heavy atom. The van der Waals surface area contributed by atoms with Crippen molar-refractivity contribution in [3.8, 4) is 5.75 Å². The van der Waals surface area contributed by atoms with Gasteiger partial charge in [-0.1, -0.05) is 0 Å². The SMILES string of the molecule is COc1ccc([C@H]2CCCCC[NH2+]2)cc1C. The number of hydrogen-bond acceptors (Lipinski definition) is 1. The van der Waals surface area contributed by atoms with E-state index in [0.29, 0.717) is 6.04 Å². The van der Waals surface area contributed by atoms with Crippen molar-refractivity contribution in [3.05, 3.63) is 29.3 Å². The number of aryl methyl sites for hydroxylation is 1. The quantitative estimate of drug-likeness (QED) is 0.812. The van der Waals surface area contributed by atoms with Gasteiger partial charge in [0.25, 0.3) is 0 Å². The molecule has 1 aromatic carbocycles. The summed E-state index contributed by atoms with van der Waals surface area (Å²) in [6, 6.07) is 7.26. The average molecular weight is 220 g/mol. The monoisotopic (exact) mass is 220 g/mol. The summed E-state index contributed by atoms with van der Waals surface area (Å²) in [4.78, 5) is 0. The first kappa shape index (κ1) is 11.5. The van der Waals surface area contributed by atoms with Crippen LogP contribution in [0.5, 0.6) is 5.75 Å². The number of methoxy groups -OCH3 is 1. The van der Waals surface area contributed by atoms with Crippen LogP contribution < -0.4 is 10.1 Å². The van der Waals surface area contributed by atoms with Crippen LogP contribution in [-0.4, -0.2) is 13.7 Å². The van der Waals surface area contributed by atoms with Crippen LogP contribution in [0, 0.1) is 6.92 Å². The van der Waals surface area contributed by atoms with E-state index in [2.05, 4.69) is 30.4 Å². The minimum absolute atomic E-state index is 0.659.